The van der Waals surface area contributed by atoms with Gasteiger partial charge in [-0.25, -0.2) is 8.78 Å². The van der Waals surface area contributed by atoms with Crippen LogP contribution in [0.25, 0.3) is 0 Å². The number of hydrogen-bond acceptors (Lipinski definition) is 2. The second kappa shape index (κ2) is 4.55. The van der Waals surface area contributed by atoms with Crippen molar-refractivity contribution in [3.8, 4) is 0 Å². The van der Waals surface area contributed by atoms with Gasteiger partial charge in [-0.1, -0.05) is 0 Å². The molecule has 0 spiro atoms. The van der Waals surface area contributed by atoms with Crippen LogP contribution in [0.3, 0.4) is 0 Å². The molecule has 1 fully saturated rings. The molecular formula is C10H10BrF2NO. The summed E-state index contributed by atoms with van der Waals surface area (Å²) in [7, 11) is 0. The molecule has 0 amide bonds. The topological polar surface area (TPSA) is 21.3 Å². The third-order valence-corrected chi connectivity index (χ3v) is 2.96. The third-order valence-electron chi connectivity index (χ3n) is 2.35. The summed E-state index contributed by atoms with van der Waals surface area (Å²) in [6, 6.07) is 2.57. The van der Waals surface area contributed by atoms with Gasteiger partial charge >= 0.3 is 0 Å². The van der Waals surface area contributed by atoms with Crippen LogP contribution < -0.4 is 5.32 Å². The number of nitrogens with one attached hydrogen (secondary N) is 1. The average Bonchev–Trinajstić information content (AvgIpc) is 2.15. The standard InChI is InChI=1S/C10H10BrF2NO/c11-8-1-2-9(12)7(10(8)13)5-15-6-3-14-4-6/h1-2,6,14H,3-5H2. The summed E-state index contributed by atoms with van der Waals surface area (Å²) >= 11 is 3.01. The van der Waals surface area contributed by atoms with E-state index in [4.69, 9.17) is 4.74 Å². The number of ether oxygens (including phenoxy) is 1. The van der Waals surface area contributed by atoms with Crippen molar-refractivity contribution in [3.05, 3.63) is 33.8 Å². The van der Waals surface area contributed by atoms with E-state index >= 15 is 0 Å². The van der Waals surface area contributed by atoms with Crippen LogP contribution >= 0.6 is 15.9 Å². The fraction of sp³-hybridized carbons (Fsp3) is 0.400. The van der Waals surface area contributed by atoms with Gasteiger partial charge in [0, 0.05) is 13.1 Å². The first-order valence-electron chi connectivity index (χ1n) is 4.63. The fourth-order valence-corrected chi connectivity index (χ4v) is 1.65. The highest BCUT2D eigenvalue weighted by Gasteiger charge is 2.19. The summed E-state index contributed by atoms with van der Waals surface area (Å²) < 4.78 is 32.3. The molecule has 0 atom stereocenters. The summed E-state index contributed by atoms with van der Waals surface area (Å²) in [5.74, 6) is -1.15. The first-order valence-corrected chi connectivity index (χ1v) is 5.42. The molecule has 1 aliphatic rings. The van der Waals surface area contributed by atoms with Gasteiger partial charge in [-0.2, -0.15) is 0 Å². The maximum atomic E-state index is 13.5. The largest absolute Gasteiger partial charge is 0.371 e. The minimum Gasteiger partial charge on any atom is -0.371 e. The van der Waals surface area contributed by atoms with Crippen molar-refractivity contribution in [1.29, 1.82) is 0 Å². The second-order valence-corrected chi connectivity index (χ2v) is 4.27. The van der Waals surface area contributed by atoms with Crippen LogP contribution in [0.1, 0.15) is 5.56 Å². The summed E-state index contributed by atoms with van der Waals surface area (Å²) in [6.07, 6.45) is 0.0720. The molecule has 2 rings (SSSR count). The van der Waals surface area contributed by atoms with Crippen LogP contribution in [0, 0.1) is 11.6 Å². The molecule has 1 aliphatic heterocycles. The van der Waals surface area contributed by atoms with Crippen LogP contribution in [0.4, 0.5) is 8.78 Å². The Hall–Kier alpha value is -0.520. The molecule has 1 heterocycles. The van der Waals surface area contributed by atoms with Crippen LogP contribution in [0.2, 0.25) is 0 Å². The lowest BCUT2D eigenvalue weighted by Gasteiger charge is -2.27. The smallest absolute Gasteiger partial charge is 0.145 e. The first kappa shape index (κ1) is 11.0. The highest BCUT2D eigenvalue weighted by Crippen LogP contribution is 2.22. The Kier molecular flexibility index (Phi) is 3.33. The summed E-state index contributed by atoms with van der Waals surface area (Å²) in [6.45, 7) is 1.47. The molecule has 0 aromatic heterocycles. The predicted octanol–water partition coefficient (Wildman–Crippen LogP) is 2.22. The Bertz CT molecular complexity index is 369. The van der Waals surface area contributed by atoms with Crippen molar-refractivity contribution in [2.75, 3.05) is 13.1 Å². The Balaban J connectivity index is 2.08. The zero-order valence-corrected chi connectivity index (χ0v) is 9.48. The van der Waals surface area contributed by atoms with Crippen molar-refractivity contribution in [3.63, 3.8) is 0 Å². The van der Waals surface area contributed by atoms with E-state index < -0.39 is 11.6 Å². The molecule has 0 bridgehead atoms. The molecule has 82 valence electrons. The number of benzene rings is 1. The molecule has 0 radical (unpaired) electrons. The predicted molar refractivity (Wildman–Crippen MR) is 55.5 cm³/mol. The average molecular weight is 278 g/mol. The molecule has 5 heteroatoms. The Labute approximate surface area is 94.7 Å². The molecule has 2 nitrogen and oxygen atoms in total. The van der Waals surface area contributed by atoms with Gasteiger partial charge in [0.1, 0.15) is 11.6 Å². The zero-order valence-electron chi connectivity index (χ0n) is 7.90. The zero-order chi connectivity index (χ0) is 10.8. The molecule has 1 aromatic rings. The first-order chi connectivity index (χ1) is 7.18. The highest BCUT2D eigenvalue weighted by molar-refractivity contribution is 9.10. The minimum absolute atomic E-state index is 0.0173. The van der Waals surface area contributed by atoms with Crippen LogP contribution in [0.15, 0.2) is 16.6 Å². The molecule has 1 N–H and O–H groups in total. The number of hydrogen-bond donors (Lipinski definition) is 1. The van der Waals surface area contributed by atoms with Gasteiger partial charge in [-0.15, -0.1) is 0 Å². The van der Waals surface area contributed by atoms with Crippen molar-refractivity contribution in [1.82, 2.24) is 5.32 Å². The van der Waals surface area contributed by atoms with E-state index in [1.54, 1.807) is 0 Å². The van der Waals surface area contributed by atoms with E-state index in [1.807, 2.05) is 0 Å². The van der Waals surface area contributed by atoms with E-state index in [2.05, 4.69) is 21.2 Å². The third kappa shape index (κ3) is 2.35. The molecule has 0 aliphatic carbocycles. The Morgan fingerprint density at radius 1 is 1.40 bits per heavy atom. The lowest BCUT2D eigenvalue weighted by molar-refractivity contribution is 0.00504. The maximum Gasteiger partial charge on any atom is 0.145 e. The van der Waals surface area contributed by atoms with E-state index in [0.717, 1.165) is 13.1 Å². The van der Waals surface area contributed by atoms with Gasteiger partial charge in [0.25, 0.3) is 0 Å². The van der Waals surface area contributed by atoms with Crippen molar-refractivity contribution in [2.45, 2.75) is 12.7 Å². The molecule has 1 aromatic carbocycles. The molecule has 0 saturated carbocycles. The minimum atomic E-state index is -0.581. The summed E-state index contributed by atoms with van der Waals surface area (Å²) in [4.78, 5) is 0. The van der Waals surface area contributed by atoms with Crippen molar-refractivity contribution >= 4 is 15.9 Å². The molecule has 1 saturated heterocycles. The molecular weight excluding hydrogens is 268 g/mol. The monoisotopic (exact) mass is 277 g/mol. The SMILES string of the molecule is Fc1ccc(Br)c(F)c1COC1CNC1. The Morgan fingerprint density at radius 3 is 2.73 bits per heavy atom. The van der Waals surface area contributed by atoms with Crippen LogP contribution in [-0.2, 0) is 11.3 Å². The van der Waals surface area contributed by atoms with Crippen LogP contribution in [-0.4, -0.2) is 19.2 Å². The normalized spacial score (nSPS) is 16.5. The van der Waals surface area contributed by atoms with Gasteiger partial charge in [-0.05, 0) is 28.1 Å². The Morgan fingerprint density at radius 2 is 2.13 bits per heavy atom. The van der Waals surface area contributed by atoms with E-state index in [1.165, 1.54) is 12.1 Å². The molecule has 0 unspecified atom stereocenters. The van der Waals surface area contributed by atoms with Crippen LogP contribution in [0.5, 0.6) is 0 Å². The van der Waals surface area contributed by atoms with Gasteiger partial charge in [0.05, 0.1) is 22.7 Å². The summed E-state index contributed by atoms with van der Waals surface area (Å²) in [5, 5.41) is 3.02. The lowest BCUT2D eigenvalue weighted by atomic mass is 10.2. The van der Waals surface area contributed by atoms with Gasteiger partial charge in [0.15, 0.2) is 0 Å². The van der Waals surface area contributed by atoms with E-state index in [0.29, 0.717) is 0 Å². The number of halogens is 3. The van der Waals surface area contributed by atoms with E-state index in [-0.39, 0.29) is 22.7 Å². The van der Waals surface area contributed by atoms with Gasteiger partial charge in [-0.3, -0.25) is 0 Å². The van der Waals surface area contributed by atoms with Crippen molar-refractivity contribution < 1.29 is 13.5 Å². The lowest BCUT2D eigenvalue weighted by Crippen LogP contribution is -2.48. The second-order valence-electron chi connectivity index (χ2n) is 3.41. The maximum absolute atomic E-state index is 13.5. The van der Waals surface area contributed by atoms with Gasteiger partial charge < -0.3 is 10.1 Å². The molecule has 15 heavy (non-hydrogen) atoms. The summed E-state index contributed by atoms with van der Waals surface area (Å²) in [5.41, 5.74) is -0.0173. The van der Waals surface area contributed by atoms with Gasteiger partial charge in [0.2, 0.25) is 0 Å². The highest BCUT2D eigenvalue weighted by atomic mass is 79.9. The number of rotatable bonds is 3. The fourth-order valence-electron chi connectivity index (χ4n) is 1.28. The van der Waals surface area contributed by atoms with E-state index in [9.17, 15) is 8.78 Å². The van der Waals surface area contributed by atoms with Crippen molar-refractivity contribution in [2.24, 2.45) is 0 Å². The quantitative estimate of drug-likeness (QED) is 0.856.